The summed E-state index contributed by atoms with van der Waals surface area (Å²) in [5.74, 6) is -0.658. The number of methoxy groups -OCH3 is 1. The summed E-state index contributed by atoms with van der Waals surface area (Å²) in [6.07, 6.45) is 3.31. The summed E-state index contributed by atoms with van der Waals surface area (Å²) < 4.78 is 20.3. The van der Waals surface area contributed by atoms with Gasteiger partial charge < -0.3 is 10.1 Å². The third kappa shape index (κ3) is 4.64. The van der Waals surface area contributed by atoms with Gasteiger partial charge in [0.25, 0.3) is 5.56 Å². The Morgan fingerprint density at radius 3 is 2.71 bits per heavy atom. The molecule has 0 bridgehead atoms. The Hall–Kier alpha value is -3.92. The largest absolute Gasteiger partial charge is 0.497 e. The summed E-state index contributed by atoms with van der Waals surface area (Å²) >= 11 is 1.26. The van der Waals surface area contributed by atoms with Crippen molar-refractivity contribution in [3.63, 3.8) is 0 Å². The molecule has 0 fully saturated rings. The highest BCUT2D eigenvalue weighted by Gasteiger charge is 2.13. The van der Waals surface area contributed by atoms with Crippen LogP contribution in [0.5, 0.6) is 5.75 Å². The molecule has 4 rings (SSSR count). The Morgan fingerprint density at radius 1 is 1.16 bits per heavy atom. The fourth-order valence-electron chi connectivity index (χ4n) is 2.82. The van der Waals surface area contributed by atoms with Gasteiger partial charge in [-0.15, -0.1) is 11.3 Å². The van der Waals surface area contributed by atoms with Crippen molar-refractivity contribution < 1.29 is 13.9 Å². The summed E-state index contributed by atoms with van der Waals surface area (Å²) in [7, 11) is 1.44. The molecule has 1 N–H and O–H groups in total. The predicted octanol–water partition coefficient (Wildman–Crippen LogP) is 3.22. The second-order valence-electron chi connectivity index (χ2n) is 6.38. The number of hydrogen-bond acceptors (Lipinski definition) is 7. The normalized spacial score (nSPS) is 10.6. The number of amides is 1. The third-order valence-corrected chi connectivity index (χ3v) is 5.10. The number of nitrogens with zero attached hydrogens (tertiary/aromatic N) is 4. The van der Waals surface area contributed by atoms with E-state index in [1.165, 1.54) is 42.7 Å². The number of ether oxygens (including phenoxy) is 1. The quantitative estimate of drug-likeness (QED) is 0.497. The highest BCUT2D eigenvalue weighted by molar-refractivity contribution is 7.14. The zero-order valence-corrected chi connectivity index (χ0v) is 17.1. The van der Waals surface area contributed by atoms with Gasteiger partial charge in [-0.25, -0.2) is 14.1 Å². The Labute approximate surface area is 180 Å². The van der Waals surface area contributed by atoms with Crippen molar-refractivity contribution in [3.8, 4) is 28.3 Å². The molecule has 31 heavy (non-hydrogen) atoms. The first-order valence-corrected chi connectivity index (χ1v) is 9.99. The van der Waals surface area contributed by atoms with Crippen LogP contribution in [-0.2, 0) is 11.3 Å². The van der Waals surface area contributed by atoms with Gasteiger partial charge in [0, 0.05) is 41.0 Å². The fourth-order valence-corrected chi connectivity index (χ4v) is 3.55. The Kier molecular flexibility index (Phi) is 5.80. The summed E-state index contributed by atoms with van der Waals surface area (Å²) in [4.78, 5) is 32.9. The van der Waals surface area contributed by atoms with Gasteiger partial charge in [-0.1, -0.05) is 0 Å². The van der Waals surface area contributed by atoms with E-state index < -0.39 is 17.3 Å². The molecule has 3 heterocycles. The predicted molar refractivity (Wildman–Crippen MR) is 114 cm³/mol. The van der Waals surface area contributed by atoms with Gasteiger partial charge in [0.15, 0.2) is 5.13 Å². The molecule has 3 aromatic heterocycles. The number of pyridine rings is 1. The van der Waals surface area contributed by atoms with E-state index in [4.69, 9.17) is 4.74 Å². The number of aromatic nitrogens is 4. The first kappa shape index (κ1) is 20.4. The van der Waals surface area contributed by atoms with Crippen LogP contribution in [0.2, 0.25) is 0 Å². The monoisotopic (exact) mass is 437 g/mol. The van der Waals surface area contributed by atoms with Crippen LogP contribution < -0.4 is 15.6 Å². The van der Waals surface area contributed by atoms with Crippen LogP contribution in [0.1, 0.15) is 0 Å². The number of benzene rings is 1. The second-order valence-corrected chi connectivity index (χ2v) is 7.24. The van der Waals surface area contributed by atoms with Gasteiger partial charge in [-0.05, 0) is 30.3 Å². The van der Waals surface area contributed by atoms with Crippen molar-refractivity contribution in [1.82, 2.24) is 19.7 Å². The molecule has 0 radical (unpaired) electrons. The molecule has 4 aromatic rings. The maximum absolute atomic E-state index is 14.3. The van der Waals surface area contributed by atoms with E-state index in [0.29, 0.717) is 16.6 Å². The number of thiazole rings is 1. The molecular formula is C21H16FN5O3S. The van der Waals surface area contributed by atoms with Crippen LogP contribution >= 0.6 is 11.3 Å². The average molecular weight is 437 g/mol. The second kappa shape index (κ2) is 8.84. The fraction of sp³-hybridized carbons (Fsp3) is 0.0952. The molecule has 0 saturated heterocycles. The van der Waals surface area contributed by atoms with E-state index >= 15 is 0 Å². The topological polar surface area (TPSA) is 99.0 Å². The molecule has 10 heteroatoms. The lowest BCUT2D eigenvalue weighted by Crippen LogP contribution is -2.29. The number of anilines is 1. The van der Waals surface area contributed by atoms with Crippen molar-refractivity contribution in [3.05, 3.63) is 76.4 Å². The number of halogens is 1. The lowest BCUT2D eigenvalue weighted by Gasteiger charge is -2.08. The van der Waals surface area contributed by atoms with Crippen molar-refractivity contribution >= 4 is 22.4 Å². The maximum Gasteiger partial charge on any atom is 0.267 e. The van der Waals surface area contributed by atoms with Crippen LogP contribution in [0.15, 0.2) is 65.0 Å². The van der Waals surface area contributed by atoms with E-state index in [1.807, 2.05) is 17.5 Å². The number of nitrogens with one attached hydrogen (secondary N) is 1. The molecular weight excluding hydrogens is 421 g/mol. The first-order chi connectivity index (χ1) is 15.0. The van der Waals surface area contributed by atoms with Crippen LogP contribution in [0.3, 0.4) is 0 Å². The number of carbonyl (C=O) groups excluding carboxylic acids is 1. The number of carbonyl (C=O) groups is 1. The minimum Gasteiger partial charge on any atom is -0.497 e. The van der Waals surface area contributed by atoms with Crippen LogP contribution in [-0.4, -0.2) is 32.8 Å². The van der Waals surface area contributed by atoms with Gasteiger partial charge in [0.1, 0.15) is 18.1 Å². The molecule has 0 aliphatic carbocycles. The van der Waals surface area contributed by atoms with E-state index in [2.05, 4.69) is 20.4 Å². The minimum absolute atomic E-state index is 0.192. The minimum atomic E-state index is -0.548. The Morgan fingerprint density at radius 2 is 1.97 bits per heavy atom. The van der Waals surface area contributed by atoms with Crippen molar-refractivity contribution in [1.29, 1.82) is 0 Å². The zero-order valence-electron chi connectivity index (χ0n) is 16.3. The molecule has 0 aliphatic rings. The van der Waals surface area contributed by atoms with Gasteiger partial charge in [-0.3, -0.25) is 14.6 Å². The lowest BCUT2D eigenvalue weighted by atomic mass is 10.1. The Bertz CT molecular complexity index is 1290. The SMILES string of the molecule is COc1ccc(-c2ccc(=O)n(CC(=O)Nc3nc(-c4ccncc4)cs3)n2)c(F)c1. The summed E-state index contributed by atoms with van der Waals surface area (Å²) in [6, 6.07) is 10.6. The standard InChI is InChI=1S/C21H16FN5O3S/c1-30-14-2-3-15(16(22)10-14)17-4-5-20(29)27(26-17)11-19(28)25-21-24-18(12-31-21)13-6-8-23-9-7-13/h2-10,12H,11H2,1H3,(H,24,25,28). The molecule has 0 saturated carbocycles. The molecule has 1 amide bonds. The maximum atomic E-state index is 14.3. The van der Waals surface area contributed by atoms with Crippen LogP contribution in [0.4, 0.5) is 9.52 Å². The summed E-state index contributed by atoms with van der Waals surface area (Å²) in [5, 5.41) is 8.99. The van der Waals surface area contributed by atoms with Crippen molar-refractivity contribution in [2.75, 3.05) is 12.4 Å². The Balaban J connectivity index is 1.50. The molecule has 8 nitrogen and oxygen atoms in total. The van der Waals surface area contributed by atoms with E-state index in [1.54, 1.807) is 18.5 Å². The molecule has 0 aliphatic heterocycles. The van der Waals surface area contributed by atoms with Gasteiger partial charge in [0.05, 0.1) is 18.5 Å². The first-order valence-electron chi connectivity index (χ1n) is 9.11. The molecule has 0 spiro atoms. The van der Waals surface area contributed by atoms with E-state index in [0.717, 1.165) is 10.2 Å². The highest BCUT2D eigenvalue weighted by Crippen LogP contribution is 2.25. The molecule has 1 aromatic carbocycles. The average Bonchev–Trinajstić information content (AvgIpc) is 3.24. The molecule has 0 atom stereocenters. The van der Waals surface area contributed by atoms with Gasteiger partial charge >= 0.3 is 0 Å². The molecule has 0 unspecified atom stereocenters. The summed E-state index contributed by atoms with van der Waals surface area (Å²) in [6.45, 7) is -0.339. The lowest BCUT2D eigenvalue weighted by molar-refractivity contribution is -0.117. The third-order valence-electron chi connectivity index (χ3n) is 4.34. The van der Waals surface area contributed by atoms with Crippen molar-refractivity contribution in [2.24, 2.45) is 0 Å². The molecule has 156 valence electrons. The highest BCUT2D eigenvalue weighted by atomic mass is 32.1. The van der Waals surface area contributed by atoms with Crippen LogP contribution in [0.25, 0.3) is 22.5 Å². The number of rotatable bonds is 6. The smallest absolute Gasteiger partial charge is 0.267 e. The van der Waals surface area contributed by atoms with E-state index in [9.17, 15) is 14.0 Å². The van der Waals surface area contributed by atoms with E-state index in [-0.39, 0.29) is 17.8 Å². The zero-order chi connectivity index (χ0) is 21.8. The van der Waals surface area contributed by atoms with Gasteiger partial charge in [-0.2, -0.15) is 5.10 Å². The van der Waals surface area contributed by atoms with Crippen LogP contribution in [0, 0.1) is 5.82 Å². The number of hydrogen-bond donors (Lipinski definition) is 1. The van der Waals surface area contributed by atoms with Crippen molar-refractivity contribution in [2.45, 2.75) is 6.54 Å². The van der Waals surface area contributed by atoms with Gasteiger partial charge in [0.2, 0.25) is 5.91 Å². The summed E-state index contributed by atoms with van der Waals surface area (Å²) in [5.41, 5.74) is 1.51.